The first kappa shape index (κ1) is 16.5. The van der Waals surface area contributed by atoms with Crippen molar-refractivity contribution in [2.45, 2.75) is 18.9 Å². The number of hydrogen-bond donors (Lipinski definition) is 1. The van der Waals surface area contributed by atoms with Gasteiger partial charge in [0.25, 0.3) is 0 Å². The van der Waals surface area contributed by atoms with Gasteiger partial charge in [0.05, 0.1) is 0 Å². The molecule has 0 aromatic heterocycles. The second kappa shape index (κ2) is 7.75. The topological polar surface area (TPSA) is 15.3 Å². The molecule has 0 bridgehead atoms. The molecule has 5 heteroatoms. The zero-order valence-corrected chi connectivity index (χ0v) is 11.5. The maximum Gasteiger partial charge on any atom is 0.123 e. The van der Waals surface area contributed by atoms with Gasteiger partial charge >= 0.3 is 0 Å². The molecule has 1 aliphatic heterocycles. The molecule has 1 heterocycles. The van der Waals surface area contributed by atoms with Crippen molar-refractivity contribution in [2.75, 3.05) is 25.0 Å². The van der Waals surface area contributed by atoms with Gasteiger partial charge in [-0.05, 0) is 50.2 Å². The van der Waals surface area contributed by atoms with Gasteiger partial charge in [0.15, 0.2) is 0 Å². The predicted octanol–water partition coefficient (Wildman–Crippen LogP) is 2.86. The van der Waals surface area contributed by atoms with Crippen molar-refractivity contribution in [1.29, 1.82) is 0 Å². The van der Waals surface area contributed by atoms with E-state index in [0.29, 0.717) is 6.04 Å². The van der Waals surface area contributed by atoms with Gasteiger partial charge in [-0.3, -0.25) is 0 Å². The van der Waals surface area contributed by atoms with E-state index in [-0.39, 0.29) is 30.6 Å². The molecule has 1 aromatic carbocycles. The highest BCUT2D eigenvalue weighted by Crippen LogP contribution is 2.19. The zero-order valence-electron chi connectivity index (χ0n) is 9.86. The molecule has 2 nitrogen and oxygen atoms in total. The highest BCUT2D eigenvalue weighted by Gasteiger charge is 2.17. The first-order valence-corrected chi connectivity index (χ1v) is 5.46. The van der Waals surface area contributed by atoms with Gasteiger partial charge in [-0.1, -0.05) is 0 Å². The van der Waals surface area contributed by atoms with E-state index in [0.717, 1.165) is 31.6 Å². The summed E-state index contributed by atoms with van der Waals surface area (Å²) in [4.78, 5) is 2.25. The molecule has 2 rings (SSSR count). The second-order valence-corrected chi connectivity index (χ2v) is 4.07. The first-order chi connectivity index (χ1) is 7.27. The van der Waals surface area contributed by atoms with Crippen molar-refractivity contribution in [3.05, 3.63) is 30.1 Å². The number of benzene rings is 1. The molecule has 1 saturated heterocycles. The van der Waals surface area contributed by atoms with E-state index in [1.54, 1.807) is 0 Å². The Bertz CT molecular complexity index is 313. The number of piperidine rings is 1. The first-order valence-electron chi connectivity index (χ1n) is 5.46. The van der Waals surface area contributed by atoms with Gasteiger partial charge in [-0.15, -0.1) is 24.8 Å². The highest BCUT2D eigenvalue weighted by molar-refractivity contribution is 5.85. The third kappa shape index (κ3) is 4.34. The van der Waals surface area contributed by atoms with Crippen LogP contribution in [0.25, 0.3) is 0 Å². The van der Waals surface area contributed by atoms with Crippen molar-refractivity contribution in [3.63, 3.8) is 0 Å². The van der Waals surface area contributed by atoms with E-state index in [1.165, 1.54) is 12.1 Å². The fraction of sp³-hybridized carbons (Fsp3) is 0.500. The Morgan fingerprint density at radius 1 is 1.12 bits per heavy atom. The molecular weight excluding hydrogens is 262 g/mol. The lowest BCUT2D eigenvalue weighted by molar-refractivity contribution is 0.443. The summed E-state index contributed by atoms with van der Waals surface area (Å²) in [6.07, 6.45) is 2.32. The predicted molar refractivity (Wildman–Crippen MR) is 75.2 cm³/mol. The summed E-state index contributed by atoms with van der Waals surface area (Å²) in [6.45, 7) is 2.16. The number of nitrogens with zero attached hydrogens (tertiary/aromatic N) is 1. The van der Waals surface area contributed by atoms with Crippen molar-refractivity contribution in [3.8, 4) is 0 Å². The van der Waals surface area contributed by atoms with Gasteiger partial charge in [-0.2, -0.15) is 0 Å². The summed E-state index contributed by atoms with van der Waals surface area (Å²) in [5, 5.41) is 3.34. The molecule has 0 radical (unpaired) electrons. The molecule has 0 aliphatic carbocycles. The van der Waals surface area contributed by atoms with Crippen LogP contribution in [0.1, 0.15) is 12.8 Å². The molecule has 1 fully saturated rings. The Kier molecular flexibility index (Phi) is 7.51. The molecule has 0 spiro atoms. The van der Waals surface area contributed by atoms with Gasteiger partial charge in [0.1, 0.15) is 5.82 Å². The van der Waals surface area contributed by atoms with Crippen molar-refractivity contribution < 1.29 is 4.39 Å². The van der Waals surface area contributed by atoms with Crippen LogP contribution in [-0.2, 0) is 0 Å². The molecule has 0 saturated carbocycles. The molecular formula is C12H19Cl2FN2. The molecule has 0 unspecified atom stereocenters. The number of halogens is 3. The minimum Gasteiger partial charge on any atom is -0.372 e. The summed E-state index contributed by atoms with van der Waals surface area (Å²) < 4.78 is 12.8. The van der Waals surface area contributed by atoms with Gasteiger partial charge in [0.2, 0.25) is 0 Å². The van der Waals surface area contributed by atoms with Crippen LogP contribution in [0.15, 0.2) is 24.3 Å². The number of anilines is 1. The van der Waals surface area contributed by atoms with E-state index in [1.807, 2.05) is 12.1 Å². The number of hydrogen-bond acceptors (Lipinski definition) is 2. The molecule has 0 amide bonds. The Balaban J connectivity index is 0.00000128. The summed E-state index contributed by atoms with van der Waals surface area (Å²) in [7, 11) is 2.09. The lowest BCUT2D eigenvalue weighted by Crippen LogP contribution is -2.41. The van der Waals surface area contributed by atoms with E-state index >= 15 is 0 Å². The molecule has 0 atom stereocenters. The summed E-state index contributed by atoms with van der Waals surface area (Å²) in [5.74, 6) is -0.169. The van der Waals surface area contributed by atoms with Crippen molar-refractivity contribution >= 4 is 30.5 Å². The quantitative estimate of drug-likeness (QED) is 0.896. The highest BCUT2D eigenvalue weighted by atomic mass is 35.5. The van der Waals surface area contributed by atoms with E-state index in [9.17, 15) is 4.39 Å². The van der Waals surface area contributed by atoms with Crippen molar-refractivity contribution in [2.24, 2.45) is 0 Å². The van der Waals surface area contributed by atoms with Crippen LogP contribution in [0.3, 0.4) is 0 Å². The van der Waals surface area contributed by atoms with Crippen LogP contribution in [-0.4, -0.2) is 26.2 Å². The lowest BCUT2D eigenvalue weighted by Gasteiger charge is -2.33. The lowest BCUT2D eigenvalue weighted by atomic mass is 10.0. The third-order valence-corrected chi connectivity index (χ3v) is 3.09. The third-order valence-electron chi connectivity index (χ3n) is 3.09. The second-order valence-electron chi connectivity index (χ2n) is 4.07. The maximum absolute atomic E-state index is 12.8. The minimum atomic E-state index is -0.169. The summed E-state index contributed by atoms with van der Waals surface area (Å²) in [6, 6.07) is 7.31. The molecule has 1 aromatic rings. The molecule has 1 aliphatic rings. The van der Waals surface area contributed by atoms with Gasteiger partial charge in [-0.25, -0.2) is 4.39 Å². The number of nitrogens with one attached hydrogen (secondary N) is 1. The maximum atomic E-state index is 12.8. The normalized spacial score (nSPS) is 15.6. The van der Waals surface area contributed by atoms with Crippen LogP contribution in [0.4, 0.5) is 10.1 Å². The Hall–Kier alpha value is -0.510. The molecule has 98 valence electrons. The van der Waals surface area contributed by atoms with Gasteiger partial charge < -0.3 is 10.2 Å². The average Bonchev–Trinajstić information content (AvgIpc) is 2.30. The molecule has 17 heavy (non-hydrogen) atoms. The standard InChI is InChI=1S/C12H17FN2.2ClH/c1-15(12-6-8-14-9-7-12)11-4-2-10(13)3-5-11;;/h2-5,12,14H,6-9H2,1H3;2*1H. The van der Waals surface area contributed by atoms with Gasteiger partial charge in [0, 0.05) is 18.8 Å². The minimum absolute atomic E-state index is 0. The summed E-state index contributed by atoms with van der Waals surface area (Å²) in [5.41, 5.74) is 1.10. The molecule has 1 N–H and O–H groups in total. The largest absolute Gasteiger partial charge is 0.372 e. The fourth-order valence-corrected chi connectivity index (χ4v) is 2.08. The van der Waals surface area contributed by atoms with Crippen LogP contribution in [0.5, 0.6) is 0 Å². The average molecular weight is 281 g/mol. The number of rotatable bonds is 2. The monoisotopic (exact) mass is 280 g/mol. The van der Waals surface area contributed by atoms with Crippen LogP contribution >= 0.6 is 24.8 Å². The van der Waals surface area contributed by atoms with Crippen LogP contribution in [0, 0.1) is 5.82 Å². The van der Waals surface area contributed by atoms with E-state index < -0.39 is 0 Å². The Morgan fingerprint density at radius 3 is 2.18 bits per heavy atom. The fourth-order valence-electron chi connectivity index (χ4n) is 2.08. The van der Waals surface area contributed by atoms with Crippen LogP contribution in [0.2, 0.25) is 0 Å². The SMILES string of the molecule is CN(c1ccc(F)cc1)C1CCNCC1.Cl.Cl. The van der Waals surface area contributed by atoms with E-state index in [4.69, 9.17) is 0 Å². The smallest absolute Gasteiger partial charge is 0.123 e. The van der Waals surface area contributed by atoms with Crippen LogP contribution < -0.4 is 10.2 Å². The zero-order chi connectivity index (χ0) is 10.7. The Labute approximate surface area is 114 Å². The van der Waals surface area contributed by atoms with E-state index in [2.05, 4.69) is 17.3 Å². The summed E-state index contributed by atoms with van der Waals surface area (Å²) >= 11 is 0. The Morgan fingerprint density at radius 2 is 1.65 bits per heavy atom. The van der Waals surface area contributed by atoms with Crippen molar-refractivity contribution in [1.82, 2.24) is 5.32 Å².